The summed E-state index contributed by atoms with van der Waals surface area (Å²) >= 11 is 5.86. The van der Waals surface area contributed by atoms with E-state index in [1.54, 1.807) is 18.2 Å². The highest BCUT2D eigenvalue weighted by molar-refractivity contribution is 6.30. The van der Waals surface area contributed by atoms with E-state index < -0.39 is 0 Å². The number of nitrogens with zero attached hydrogens (tertiary/aromatic N) is 3. The number of piperazine rings is 1. The summed E-state index contributed by atoms with van der Waals surface area (Å²) in [5.41, 5.74) is 1.20. The van der Waals surface area contributed by atoms with Gasteiger partial charge in [-0.3, -0.25) is 4.79 Å². The van der Waals surface area contributed by atoms with Gasteiger partial charge in [-0.2, -0.15) is 0 Å². The zero-order chi connectivity index (χ0) is 14.8. The predicted molar refractivity (Wildman–Crippen MR) is 80.3 cm³/mol. The maximum atomic E-state index is 12.4. The number of halogens is 1. The van der Waals surface area contributed by atoms with E-state index in [0.717, 1.165) is 31.7 Å². The van der Waals surface area contributed by atoms with Crippen LogP contribution in [0.15, 0.2) is 34.9 Å². The molecule has 5 nitrogen and oxygen atoms in total. The summed E-state index contributed by atoms with van der Waals surface area (Å²) in [5, 5.41) is 4.56. The lowest BCUT2D eigenvalue weighted by molar-refractivity contribution is 0.0654. The lowest BCUT2D eigenvalue weighted by Crippen LogP contribution is -2.47. The SMILES string of the molecule is CN1CCN(C(=O)c2cc(-c3ccc(Cl)cc3)on2)CC1. The standard InChI is InChI=1S/C15H16ClN3O2/c1-18-6-8-19(9-7-18)15(20)13-10-14(21-17-13)11-2-4-12(16)5-3-11/h2-5,10H,6-9H2,1H3. The average Bonchev–Trinajstić information content (AvgIpc) is 2.98. The molecule has 1 fully saturated rings. The van der Waals surface area contributed by atoms with E-state index in [4.69, 9.17) is 16.1 Å². The molecule has 0 atom stereocenters. The average molecular weight is 306 g/mol. The molecule has 3 rings (SSSR count). The Kier molecular flexibility index (Phi) is 3.94. The molecule has 0 saturated carbocycles. The van der Waals surface area contributed by atoms with Crippen LogP contribution in [0, 0.1) is 0 Å². The van der Waals surface area contributed by atoms with Gasteiger partial charge < -0.3 is 14.3 Å². The van der Waals surface area contributed by atoms with Crippen LogP contribution in [0.5, 0.6) is 0 Å². The number of likely N-dealkylation sites (N-methyl/N-ethyl adjacent to an activating group) is 1. The van der Waals surface area contributed by atoms with Crippen molar-refractivity contribution >= 4 is 17.5 Å². The Morgan fingerprint density at radius 2 is 1.86 bits per heavy atom. The van der Waals surface area contributed by atoms with Gasteiger partial charge in [0.1, 0.15) is 0 Å². The summed E-state index contributed by atoms with van der Waals surface area (Å²) in [7, 11) is 2.05. The van der Waals surface area contributed by atoms with Gasteiger partial charge >= 0.3 is 0 Å². The fourth-order valence-electron chi connectivity index (χ4n) is 2.30. The second kappa shape index (κ2) is 5.87. The minimum absolute atomic E-state index is 0.0768. The summed E-state index contributed by atoms with van der Waals surface area (Å²) in [6, 6.07) is 8.92. The molecule has 2 heterocycles. The number of rotatable bonds is 2. The molecule has 2 aromatic rings. The lowest BCUT2D eigenvalue weighted by atomic mass is 10.1. The molecule has 0 radical (unpaired) electrons. The first-order valence-electron chi connectivity index (χ1n) is 6.84. The van der Waals surface area contributed by atoms with E-state index in [-0.39, 0.29) is 5.91 Å². The number of aromatic nitrogens is 1. The minimum Gasteiger partial charge on any atom is -0.355 e. The third kappa shape index (κ3) is 3.09. The third-order valence-corrected chi connectivity index (χ3v) is 3.90. The highest BCUT2D eigenvalue weighted by Crippen LogP contribution is 2.23. The van der Waals surface area contributed by atoms with Gasteiger partial charge in [0, 0.05) is 42.8 Å². The largest absolute Gasteiger partial charge is 0.355 e. The van der Waals surface area contributed by atoms with Gasteiger partial charge in [-0.15, -0.1) is 0 Å². The van der Waals surface area contributed by atoms with Crippen LogP contribution in [0.3, 0.4) is 0 Å². The zero-order valence-corrected chi connectivity index (χ0v) is 12.5. The van der Waals surface area contributed by atoms with Gasteiger partial charge in [-0.25, -0.2) is 0 Å². The Labute approximate surface area is 128 Å². The Bertz CT molecular complexity index is 631. The van der Waals surface area contributed by atoms with Crippen LogP contribution in [0.4, 0.5) is 0 Å². The molecule has 1 amide bonds. The molecule has 0 spiro atoms. The third-order valence-electron chi connectivity index (χ3n) is 3.65. The second-order valence-corrected chi connectivity index (χ2v) is 5.62. The molecule has 1 aliphatic rings. The van der Waals surface area contributed by atoms with Crippen molar-refractivity contribution in [3.8, 4) is 11.3 Å². The van der Waals surface area contributed by atoms with Crippen molar-refractivity contribution < 1.29 is 9.32 Å². The normalized spacial score (nSPS) is 16.2. The number of carbonyl (C=O) groups excluding carboxylic acids is 1. The van der Waals surface area contributed by atoms with Crippen LogP contribution in [-0.2, 0) is 0 Å². The Hall–Kier alpha value is -1.85. The summed E-state index contributed by atoms with van der Waals surface area (Å²) in [6.45, 7) is 3.21. The molecule has 1 aromatic carbocycles. The highest BCUT2D eigenvalue weighted by Gasteiger charge is 2.23. The molecule has 0 unspecified atom stereocenters. The first-order valence-corrected chi connectivity index (χ1v) is 7.22. The molecule has 0 aliphatic carbocycles. The van der Waals surface area contributed by atoms with Crippen LogP contribution < -0.4 is 0 Å². The van der Waals surface area contributed by atoms with Gasteiger partial charge in [-0.05, 0) is 31.3 Å². The molecular weight excluding hydrogens is 290 g/mol. The molecule has 21 heavy (non-hydrogen) atoms. The van der Waals surface area contributed by atoms with Gasteiger partial charge in [0.25, 0.3) is 5.91 Å². The molecule has 1 aliphatic heterocycles. The van der Waals surface area contributed by atoms with Crippen LogP contribution in [0.25, 0.3) is 11.3 Å². The van der Waals surface area contributed by atoms with Crippen LogP contribution in [-0.4, -0.2) is 54.1 Å². The summed E-state index contributed by atoms with van der Waals surface area (Å²) < 4.78 is 5.27. The molecule has 0 N–H and O–H groups in total. The highest BCUT2D eigenvalue weighted by atomic mass is 35.5. The monoisotopic (exact) mass is 305 g/mol. The number of hydrogen-bond acceptors (Lipinski definition) is 4. The van der Waals surface area contributed by atoms with Crippen molar-refractivity contribution in [2.45, 2.75) is 0 Å². The number of hydrogen-bond donors (Lipinski definition) is 0. The van der Waals surface area contributed by atoms with Crippen molar-refractivity contribution in [3.05, 3.63) is 41.0 Å². The lowest BCUT2D eigenvalue weighted by Gasteiger charge is -2.31. The van der Waals surface area contributed by atoms with Crippen LogP contribution >= 0.6 is 11.6 Å². The molecule has 6 heteroatoms. The molecular formula is C15H16ClN3O2. The van der Waals surface area contributed by atoms with Gasteiger partial charge in [0.2, 0.25) is 0 Å². The van der Waals surface area contributed by atoms with Gasteiger partial charge in [-0.1, -0.05) is 16.8 Å². The molecule has 1 aromatic heterocycles. The first kappa shape index (κ1) is 14.1. The predicted octanol–water partition coefficient (Wildman–Crippen LogP) is 2.38. The molecule has 0 bridgehead atoms. The summed E-state index contributed by atoms with van der Waals surface area (Å²) in [6.07, 6.45) is 0. The maximum absolute atomic E-state index is 12.4. The summed E-state index contributed by atoms with van der Waals surface area (Å²) in [5.74, 6) is 0.496. The van der Waals surface area contributed by atoms with E-state index >= 15 is 0 Å². The fraction of sp³-hybridized carbons (Fsp3) is 0.333. The minimum atomic E-state index is -0.0768. The van der Waals surface area contributed by atoms with Crippen molar-refractivity contribution in [3.63, 3.8) is 0 Å². The van der Waals surface area contributed by atoms with Crippen molar-refractivity contribution in [2.75, 3.05) is 33.2 Å². The van der Waals surface area contributed by atoms with Crippen molar-refractivity contribution in [2.24, 2.45) is 0 Å². The van der Waals surface area contributed by atoms with E-state index in [1.807, 2.05) is 17.0 Å². The van der Waals surface area contributed by atoms with Crippen molar-refractivity contribution in [1.82, 2.24) is 15.0 Å². The van der Waals surface area contributed by atoms with Gasteiger partial charge in [0.05, 0.1) is 0 Å². The smallest absolute Gasteiger partial charge is 0.276 e. The Morgan fingerprint density at radius 1 is 1.19 bits per heavy atom. The van der Waals surface area contributed by atoms with Crippen molar-refractivity contribution in [1.29, 1.82) is 0 Å². The van der Waals surface area contributed by atoms with E-state index in [2.05, 4.69) is 17.1 Å². The second-order valence-electron chi connectivity index (χ2n) is 5.18. The number of carbonyl (C=O) groups is 1. The first-order chi connectivity index (χ1) is 10.1. The Morgan fingerprint density at radius 3 is 2.52 bits per heavy atom. The number of benzene rings is 1. The fourth-order valence-corrected chi connectivity index (χ4v) is 2.42. The Balaban J connectivity index is 1.75. The maximum Gasteiger partial charge on any atom is 0.276 e. The molecule has 1 saturated heterocycles. The number of amides is 1. The van der Waals surface area contributed by atoms with E-state index in [9.17, 15) is 4.79 Å². The molecule has 110 valence electrons. The zero-order valence-electron chi connectivity index (χ0n) is 11.8. The van der Waals surface area contributed by atoms with Crippen LogP contribution in [0.1, 0.15) is 10.5 Å². The van der Waals surface area contributed by atoms with E-state index in [0.29, 0.717) is 16.5 Å². The van der Waals surface area contributed by atoms with E-state index in [1.165, 1.54) is 0 Å². The topological polar surface area (TPSA) is 49.6 Å². The quantitative estimate of drug-likeness (QED) is 0.855. The summed E-state index contributed by atoms with van der Waals surface area (Å²) in [4.78, 5) is 16.4. The van der Waals surface area contributed by atoms with Gasteiger partial charge in [0.15, 0.2) is 11.5 Å². The van der Waals surface area contributed by atoms with Crippen LogP contribution in [0.2, 0.25) is 5.02 Å².